The Kier molecular flexibility index (Phi) is 16.1. The Hall–Kier alpha value is -11.2. The molecular weight excluding hydrogens is 1350 g/mol. The van der Waals surface area contributed by atoms with Crippen molar-refractivity contribution in [3.8, 4) is 102 Å². The first-order valence-corrected chi connectivity index (χ1v) is 38.4. The number of fused-ring (bicyclic) bond motifs is 20. The first kappa shape index (κ1) is 69.6. The van der Waals surface area contributed by atoms with Crippen LogP contribution in [0.15, 0.2) is 231 Å². The molecule has 2 fully saturated rings. The summed E-state index contributed by atoms with van der Waals surface area (Å²) in [5.74, 6) is 7.56. The maximum atomic E-state index is 8.10. The van der Waals surface area contributed by atoms with Crippen molar-refractivity contribution >= 4 is 33.7 Å². The summed E-state index contributed by atoms with van der Waals surface area (Å²) in [6.07, 6.45) is 15.6. The fourth-order valence-electron chi connectivity index (χ4n) is 22.0. The molecule has 4 aliphatic carbocycles. The standard InChI is InChI=1S/C100H94O9/c1-93(2)55-94(3,4)58-97(57-93)83-21-17-15-19-73(83)87-79-51-77(61-23-35-67(101-9)36-24-61)85(105-13)53-81(79)91-75(89(87)97)47-49-99(108-91,63-27-39-69(103-11)40-28-63)65-31-43-71(44-32-65)107-72-45-33-66(34-46-72)100(64-29-41-70(104-12)42-30-64)50-48-76-90-88(74-20-16-18-22-84(74)98(90)59-95(5,6)56-96(7,8)60-98)80-52-78(62-25-37-68(102-10)38-26-62)86(106-14)54-82(80)92(76)109-100/h15-54H,55-60H2,1-14H3. The number of ether oxygens (including phenoxy) is 9. The van der Waals surface area contributed by atoms with Crippen molar-refractivity contribution in [1.82, 2.24) is 0 Å². The Morgan fingerprint density at radius 1 is 0.294 bits per heavy atom. The normalized spacial score (nSPS) is 19.8. The van der Waals surface area contributed by atoms with E-state index in [1.54, 1.807) is 42.7 Å². The molecule has 12 aromatic carbocycles. The van der Waals surface area contributed by atoms with Gasteiger partial charge >= 0.3 is 0 Å². The molecular formula is C100H94O9. The third-order valence-electron chi connectivity index (χ3n) is 24.8. The van der Waals surface area contributed by atoms with Crippen LogP contribution in [0.3, 0.4) is 0 Å². The average Bonchev–Trinajstić information content (AvgIpc) is 1.55. The van der Waals surface area contributed by atoms with Gasteiger partial charge in [-0.15, -0.1) is 0 Å². The largest absolute Gasteiger partial charge is 0.497 e. The third kappa shape index (κ3) is 11.0. The van der Waals surface area contributed by atoms with Gasteiger partial charge in [0, 0.05) is 66.1 Å². The van der Waals surface area contributed by atoms with Gasteiger partial charge in [0.1, 0.15) is 57.5 Å². The van der Waals surface area contributed by atoms with Crippen LogP contribution in [-0.4, -0.2) is 42.7 Å². The van der Waals surface area contributed by atoms with E-state index in [0.29, 0.717) is 11.5 Å². The average molecular weight is 1440 g/mol. The highest BCUT2D eigenvalue weighted by Crippen LogP contribution is 2.70. The highest BCUT2D eigenvalue weighted by atomic mass is 16.5. The highest BCUT2D eigenvalue weighted by Gasteiger charge is 2.58. The van der Waals surface area contributed by atoms with Crippen LogP contribution < -0.4 is 42.6 Å². The minimum Gasteiger partial charge on any atom is -0.497 e. The molecule has 9 nitrogen and oxygen atoms in total. The Labute approximate surface area is 641 Å². The van der Waals surface area contributed by atoms with E-state index in [9.17, 15) is 0 Å². The summed E-state index contributed by atoms with van der Waals surface area (Å²) in [6, 6.07) is 77.5. The molecule has 0 saturated heterocycles. The molecule has 2 heterocycles. The molecule has 109 heavy (non-hydrogen) atoms. The van der Waals surface area contributed by atoms with Gasteiger partial charge in [0.15, 0.2) is 11.2 Å². The zero-order valence-corrected chi connectivity index (χ0v) is 65.0. The van der Waals surface area contributed by atoms with Gasteiger partial charge in [-0.1, -0.05) is 189 Å². The van der Waals surface area contributed by atoms with E-state index >= 15 is 0 Å². The van der Waals surface area contributed by atoms with E-state index in [2.05, 4.69) is 250 Å². The molecule has 0 radical (unpaired) electrons. The van der Waals surface area contributed by atoms with Gasteiger partial charge < -0.3 is 42.6 Å². The Balaban J connectivity index is 0.757. The van der Waals surface area contributed by atoms with Crippen LogP contribution in [0.25, 0.3) is 78.2 Å². The summed E-state index contributed by atoms with van der Waals surface area (Å²) in [5.41, 5.74) is 17.9. The fraction of sp³-hybridized carbons (Fsp3) is 0.280. The van der Waals surface area contributed by atoms with Gasteiger partial charge in [-0.05, 0) is 236 Å². The summed E-state index contributed by atoms with van der Waals surface area (Å²) in [6.45, 7) is 19.7. The summed E-state index contributed by atoms with van der Waals surface area (Å²) in [5, 5.41) is 4.19. The van der Waals surface area contributed by atoms with Crippen LogP contribution >= 0.6 is 0 Å². The minimum absolute atomic E-state index is 0.0398. The molecule has 18 rings (SSSR count). The Morgan fingerprint density at radius 3 is 0.908 bits per heavy atom. The van der Waals surface area contributed by atoms with Crippen molar-refractivity contribution in [2.45, 2.75) is 116 Å². The second kappa shape index (κ2) is 25.2. The van der Waals surface area contributed by atoms with Crippen LogP contribution in [0.5, 0.6) is 57.5 Å². The predicted octanol–water partition coefficient (Wildman–Crippen LogP) is 24.9. The van der Waals surface area contributed by atoms with Crippen LogP contribution in [0, 0.1) is 21.7 Å². The molecule has 0 N–H and O–H groups in total. The molecule has 0 amide bonds. The van der Waals surface area contributed by atoms with Crippen molar-refractivity contribution in [3.63, 3.8) is 0 Å². The monoisotopic (exact) mass is 1440 g/mol. The fourth-order valence-corrected chi connectivity index (χ4v) is 22.0. The van der Waals surface area contributed by atoms with Gasteiger partial charge in [-0.2, -0.15) is 0 Å². The van der Waals surface area contributed by atoms with E-state index in [-0.39, 0.29) is 32.5 Å². The van der Waals surface area contributed by atoms with Crippen molar-refractivity contribution in [3.05, 3.63) is 286 Å². The topological polar surface area (TPSA) is 83.1 Å². The molecule has 2 spiro atoms. The van der Waals surface area contributed by atoms with E-state index < -0.39 is 11.2 Å². The number of hydrogen-bond donors (Lipinski definition) is 0. The van der Waals surface area contributed by atoms with Gasteiger partial charge in [0.05, 0.1) is 42.7 Å². The van der Waals surface area contributed by atoms with Gasteiger partial charge in [0.2, 0.25) is 0 Å². The van der Waals surface area contributed by atoms with Gasteiger partial charge in [0.25, 0.3) is 0 Å². The molecule has 9 heteroatoms. The maximum absolute atomic E-state index is 8.10. The Bertz CT molecular complexity index is 5320. The van der Waals surface area contributed by atoms with Crippen LogP contribution in [0.4, 0.5) is 0 Å². The first-order valence-electron chi connectivity index (χ1n) is 38.4. The van der Waals surface area contributed by atoms with Crippen molar-refractivity contribution in [1.29, 1.82) is 0 Å². The lowest BCUT2D eigenvalue weighted by Gasteiger charge is -2.52. The van der Waals surface area contributed by atoms with E-state index in [1.165, 1.54) is 44.5 Å². The molecule has 548 valence electrons. The lowest BCUT2D eigenvalue weighted by atomic mass is 9.52. The number of methoxy groups -OCH3 is 6. The van der Waals surface area contributed by atoms with Crippen molar-refractivity contribution < 1.29 is 42.6 Å². The summed E-state index contributed by atoms with van der Waals surface area (Å²) >= 11 is 0. The lowest BCUT2D eigenvalue weighted by molar-refractivity contribution is 0.0638. The summed E-state index contributed by atoms with van der Waals surface area (Å²) < 4.78 is 59.0. The quantitative estimate of drug-likeness (QED) is 0.106. The number of benzene rings is 12. The smallest absolute Gasteiger partial charge is 0.178 e. The lowest BCUT2D eigenvalue weighted by Crippen LogP contribution is -2.44. The Morgan fingerprint density at radius 2 is 0.596 bits per heavy atom. The summed E-state index contributed by atoms with van der Waals surface area (Å²) in [4.78, 5) is 0. The number of rotatable bonds is 14. The molecule has 2 saturated carbocycles. The molecule has 0 aromatic heterocycles. The van der Waals surface area contributed by atoms with Gasteiger partial charge in [-0.3, -0.25) is 0 Å². The van der Waals surface area contributed by atoms with Crippen LogP contribution in [-0.2, 0) is 22.0 Å². The molecule has 2 atom stereocenters. The van der Waals surface area contributed by atoms with E-state index in [4.69, 9.17) is 42.6 Å². The summed E-state index contributed by atoms with van der Waals surface area (Å²) in [7, 11) is 10.4. The van der Waals surface area contributed by atoms with E-state index in [1.807, 2.05) is 48.5 Å². The molecule has 2 unspecified atom stereocenters. The SMILES string of the molecule is COc1ccc(-c2cc3c4c(c5c(c3cc2OC)OC(c2ccc(OC)cc2)(c2ccc(Oc3ccc(C6(c7ccc(OC)cc7)C=Cc7c8c(c9cc(-c%10ccc(OC)cc%10)c(OC)cc9c7O6)-c6ccccc6C86CC(C)(C)CC(C)(C)C6)cc3)cc2)C=C5)C2(CC(C)(C)CC(C)(C)C2)c2ccccc2-4)cc1. The minimum atomic E-state index is -1.11. The zero-order valence-electron chi connectivity index (χ0n) is 65.0. The molecule has 12 aromatic rings. The first-order chi connectivity index (χ1) is 52.5. The maximum Gasteiger partial charge on any atom is 0.178 e. The zero-order chi connectivity index (χ0) is 75.4. The van der Waals surface area contributed by atoms with Gasteiger partial charge in [-0.25, -0.2) is 0 Å². The third-order valence-corrected chi connectivity index (χ3v) is 24.8. The van der Waals surface area contributed by atoms with Crippen molar-refractivity contribution in [2.75, 3.05) is 42.7 Å². The van der Waals surface area contributed by atoms with Crippen LogP contribution in [0.1, 0.15) is 150 Å². The molecule has 6 aliphatic rings. The van der Waals surface area contributed by atoms with Crippen LogP contribution in [0.2, 0.25) is 0 Å². The highest BCUT2D eigenvalue weighted by molar-refractivity contribution is 6.12. The molecule has 0 bridgehead atoms. The molecule has 2 aliphatic heterocycles. The predicted molar refractivity (Wildman–Crippen MR) is 440 cm³/mol. The van der Waals surface area contributed by atoms with Crippen molar-refractivity contribution in [2.24, 2.45) is 21.7 Å². The number of hydrogen-bond acceptors (Lipinski definition) is 9. The second-order valence-corrected chi connectivity index (χ2v) is 34.6. The second-order valence-electron chi connectivity index (χ2n) is 34.6. The van der Waals surface area contributed by atoms with E-state index in [0.717, 1.165) is 162 Å².